The van der Waals surface area contributed by atoms with Crippen LogP contribution in [-0.4, -0.2) is 15.3 Å². The fourth-order valence-corrected chi connectivity index (χ4v) is 2.84. The molecule has 26 heavy (non-hydrogen) atoms. The molecule has 1 amide bonds. The van der Waals surface area contributed by atoms with Crippen molar-refractivity contribution in [2.45, 2.75) is 33.1 Å². The molecule has 3 rings (SSSR count). The van der Waals surface area contributed by atoms with Crippen LogP contribution in [0.4, 0.5) is 5.69 Å². The second-order valence-electron chi connectivity index (χ2n) is 7.23. The summed E-state index contributed by atoms with van der Waals surface area (Å²) in [5.41, 5.74) is 2.33. The lowest BCUT2D eigenvalue weighted by atomic mass is 9.87. The summed E-state index contributed by atoms with van der Waals surface area (Å²) >= 11 is 5.96. The van der Waals surface area contributed by atoms with E-state index in [1.165, 1.54) is 10.6 Å². The molecule has 0 radical (unpaired) electrons. The summed E-state index contributed by atoms with van der Waals surface area (Å²) in [7, 11) is 0. The number of nitrogens with one attached hydrogen (secondary N) is 1. The summed E-state index contributed by atoms with van der Waals surface area (Å²) in [5, 5.41) is 3.10. The number of carbonyl (C=O) groups is 1. The van der Waals surface area contributed by atoms with Crippen LogP contribution in [0.5, 0.6) is 0 Å². The predicted octanol–water partition coefficient (Wildman–Crippen LogP) is 4.21. The van der Waals surface area contributed by atoms with Gasteiger partial charge in [0, 0.05) is 11.8 Å². The Kier molecular flexibility index (Phi) is 4.59. The van der Waals surface area contributed by atoms with E-state index in [2.05, 4.69) is 31.1 Å². The fourth-order valence-electron chi connectivity index (χ4n) is 2.67. The molecule has 2 heterocycles. The standard InChI is InChI=1S/C20H20ClN3O2/c1-12-17(19(26)24-11-15(21)9-10-16(24)22-12)23-18(25)13-5-7-14(8-6-13)20(2,3)4/h5-11H,1-4H3,(H,23,25). The number of pyridine rings is 1. The van der Waals surface area contributed by atoms with Crippen molar-refractivity contribution >= 4 is 28.8 Å². The molecular formula is C20H20ClN3O2. The Morgan fingerprint density at radius 1 is 1.12 bits per heavy atom. The number of rotatable bonds is 2. The fraction of sp³-hybridized carbons (Fsp3) is 0.250. The molecule has 0 aliphatic rings. The van der Waals surface area contributed by atoms with Crippen LogP contribution in [0.3, 0.4) is 0 Å². The number of fused-ring (bicyclic) bond motifs is 1. The van der Waals surface area contributed by atoms with Crippen molar-refractivity contribution in [1.82, 2.24) is 9.38 Å². The maximum absolute atomic E-state index is 12.7. The molecule has 1 N–H and O–H groups in total. The largest absolute Gasteiger partial charge is 0.316 e. The Balaban J connectivity index is 1.96. The molecule has 0 saturated heterocycles. The molecule has 0 bridgehead atoms. The zero-order valence-electron chi connectivity index (χ0n) is 15.1. The molecule has 6 heteroatoms. The Hall–Kier alpha value is -2.66. The zero-order chi connectivity index (χ0) is 19.1. The average molecular weight is 370 g/mol. The van der Waals surface area contributed by atoms with Crippen molar-refractivity contribution in [3.05, 3.63) is 74.8 Å². The Labute approximate surface area is 156 Å². The number of nitrogens with zero attached hydrogens (tertiary/aromatic N) is 2. The van der Waals surface area contributed by atoms with Crippen molar-refractivity contribution in [3.8, 4) is 0 Å². The molecule has 0 fully saturated rings. The molecule has 2 aromatic heterocycles. The number of halogens is 1. The van der Waals surface area contributed by atoms with E-state index >= 15 is 0 Å². The van der Waals surface area contributed by atoms with Crippen LogP contribution in [0, 0.1) is 6.92 Å². The number of aromatic nitrogens is 2. The highest BCUT2D eigenvalue weighted by atomic mass is 35.5. The van der Waals surface area contributed by atoms with Gasteiger partial charge in [0.05, 0.1) is 10.7 Å². The van der Waals surface area contributed by atoms with E-state index in [4.69, 9.17) is 11.6 Å². The van der Waals surface area contributed by atoms with Crippen LogP contribution < -0.4 is 10.9 Å². The number of hydrogen-bond acceptors (Lipinski definition) is 3. The van der Waals surface area contributed by atoms with E-state index in [0.717, 1.165) is 5.56 Å². The van der Waals surface area contributed by atoms with Gasteiger partial charge in [0.1, 0.15) is 11.3 Å². The lowest BCUT2D eigenvalue weighted by molar-refractivity contribution is 0.102. The van der Waals surface area contributed by atoms with E-state index < -0.39 is 0 Å². The first kappa shape index (κ1) is 18.1. The van der Waals surface area contributed by atoms with Gasteiger partial charge in [-0.3, -0.25) is 14.0 Å². The molecule has 5 nitrogen and oxygen atoms in total. The monoisotopic (exact) mass is 369 g/mol. The predicted molar refractivity (Wildman–Crippen MR) is 104 cm³/mol. The molecular weight excluding hydrogens is 350 g/mol. The molecule has 0 aliphatic carbocycles. The summed E-state index contributed by atoms with van der Waals surface area (Å²) in [6.45, 7) is 8.02. The van der Waals surface area contributed by atoms with Crippen molar-refractivity contribution in [3.63, 3.8) is 0 Å². The first-order valence-corrected chi connectivity index (χ1v) is 8.65. The van der Waals surface area contributed by atoms with Gasteiger partial charge in [0.15, 0.2) is 0 Å². The van der Waals surface area contributed by atoms with Crippen LogP contribution in [-0.2, 0) is 5.41 Å². The van der Waals surface area contributed by atoms with E-state index in [9.17, 15) is 9.59 Å². The minimum absolute atomic E-state index is 0.00591. The summed E-state index contributed by atoms with van der Waals surface area (Å²) in [5.74, 6) is -0.352. The highest BCUT2D eigenvalue weighted by molar-refractivity contribution is 6.30. The minimum atomic E-state index is -0.366. The normalized spacial score (nSPS) is 11.6. The van der Waals surface area contributed by atoms with Gasteiger partial charge in [-0.05, 0) is 42.2 Å². The summed E-state index contributed by atoms with van der Waals surface area (Å²) in [6, 6.07) is 10.7. The molecule has 134 valence electrons. The van der Waals surface area contributed by atoms with Crippen LogP contribution in [0.1, 0.15) is 42.4 Å². The van der Waals surface area contributed by atoms with Crippen molar-refractivity contribution in [2.75, 3.05) is 5.32 Å². The van der Waals surface area contributed by atoms with Crippen LogP contribution in [0.15, 0.2) is 47.4 Å². The first-order valence-electron chi connectivity index (χ1n) is 8.27. The third-order valence-corrected chi connectivity index (χ3v) is 4.44. The molecule has 3 aromatic rings. The van der Waals surface area contributed by atoms with Gasteiger partial charge in [0.2, 0.25) is 0 Å². The molecule has 0 spiro atoms. The number of amides is 1. The van der Waals surface area contributed by atoms with Gasteiger partial charge in [0.25, 0.3) is 11.5 Å². The van der Waals surface area contributed by atoms with Gasteiger partial charge in [-0.25, -0.2) is 4.98 Å². The Morgan fingerprint density at radius 3 is 2.38 bits per heavy atom. The number of benzene rings is 1. The van der Waals surface area contributed by atoms with Crippen molar-refractivity contribution in [2.24, 2.45) is 0 Å². The maximum Gasteiger partial charge on any atom is 0.281 e. The summed E-state index contributed by atoms with van der Waals surface area (Å²) in [4.78, 5) is 29.6. The quantitative estimate of drug-likeness (QED) is 0.736. The highest BCUT2D eigenvalue weighted by Gasteiger charge is 2.16. The minimum Gasteiger partial charge on any atom is -0.316 e. The number of aryl methyl sites for hydroxylation is 1. The third kappa shape index (κ3) is 3.48. The highest BCUT2D eigenvalue weighted by Crippen LogP contribution is 2.22. The van der Waals surface area contributed by atoms with E-state index in [-0.39, 0.29) is 22.6 Å². The maximum atomic E-state index is 12.7. The average Bonchev–Trinajstić information content (AvgIpc) is 2.58. The second-order valence-corrected chi connectivity index (χ2v) is 7.67. The van der Waals surface area contributed by atoms with Gasteiger partial charge in [-0.2, -0.15) is 0 Å². The smallest absolute Gasteiger partial charge is 0.281 e. The zero-order valence-corrected chi connectivity index (χ0v) is 15.9. The molecule has 0 atom stereocenters. The Bertz CT molecular complexity index is 1050. The molecule has 0 saturated carbocycles. The van der Waals surface area contributed by atoms with E-state index in [0.29, 0.717) is 21.9 Å². The molecule has 0 aliphatic heterocycles. The summed E-state index contributed by atoms with van der Waals surface area (Å²) < 4.78 is 1.33. The number of hydrogen-bond donors (Lipinski definition) is 1. The topological polar surface area (TPSA) is 63.5 Å². The van der Waals surface area contributed by atoms with Gasteiger partial charge in [-0.15, -0.1) is 0 Å². The summed E-state index contributed by atoms with van der Waals surface area (Å²) in [6.07, 6.45) is 1.49. The van der Waals surface area contributed by atoms with Gasteiger partial charge in [-0.1, -0.05) is 44.5 Å². The van der Waals surface area contributed by atoms with Crippen LogP contribution in [0.2, 0.25) is 5.02 Å². The van der Waals surface area contributed by atoms with Gasteiger partial charge >= 0.3 is 0 Å². The van der Waals surface area contributed by atoms with E-state index in [1.807, 2.05) is 12.1 Å². The van der Waals surface area contributed by atoms with E-state index in [1.54, 1.807) is 31.2 Å². The van der Waals surface area contributed by atoms with Crippen molar-refractivity contribution in [1.29, 1.82) is 0 Å². The second kappa shape index (κ2) is 6.57. The third-order valence-electron chi connectivity index (χ3n) is 4.22. The lowest BCUT2D eigenvalue weighted by Gasteiger charge is -2.19. The number of anilines is 1. The van der Waals surface area contributed by atoms with Gasteiger partial charge < -0.3 is 5.32 Å². The molecule has 0 unspecified atom stereocenters. The lowest BCUT2D eigenvalue weighted by Crippen LogP contribution is -2.25. The van der Waals surface area contributed by atoms with Crippen molar-refractivity contribution < 1.29 is 4.79 Å². The SMILES string of the molecule is Cc1nc2ccc(Cl)cn2c(=O)c1NC(=O)c1ccc(C(C)(C)C)cc1. The van der Waals surface area contributed by atoms with Crippen LogP contribution in [0.25, 0.3) is 5.65 Å². The number of carbonyl (C=O) groups excluding carboxylic acids is 1. The Morgan fingerprint density at radius 2 is 1.77 bits per heavy atom. The first-order chi connectivity index (χ1) is 12.2. The molecule has 1 aromatic carbocycles. The van der Waals surface area contributed by atoms with Crippen LogP contribution >= 0.6 is 11.6 Å².